The summed E-state index contributed by atoms with van der Waals surface area (Å²) in [6.45, 7) is 2.20. The summed E-state index contributed by atoms with van der Waals surface area (Å²) in [5.74, 6) is 0.531. The van der Waals surface area contributed by atoms with Crippen LogP contribution >= 0.6 is 23.5 Å². The van der Waals surface area contributed by atoms with Crippen LogP contribution in [0.15, 0.2) is 27.5 Å². The molecule has 0 fully saturated rings. The first-order chi connectivity index (χ1) is 14.7. The fourth-order valence-corrected chi connectivity index (χ4v) is 4.51. The highest BCUT2D eigenvalue weighted by molar-refractivity contribution is 7.98. The van der Waals surface area contributed by atoms with Crippen molar-refractivity contribution in [2.24, 2.45) is 0 Å². The molecule has 30 heavy (non-hydrogen) atoms. The van der Waals surface area contributed by atoms with Crippen LogP contribution in [0.4, 0.5) is 0 Å². The Balaban J connectivity index is 1.60. The quantitative estimate of drug-likeness (QED) is 0.339. The molecule has 12 heteroatoms. The Morgan fingerprint density at radius 1 is 0.900 bits per heavy atom. The van der Waals surface area contributed by atoms with E-state index in [4.69, 9.17) is 9.72 Å². The van der Waals surface area contributed by atoms with E-state index in [-0.39, 0.29) is 5.56 Å². The third-order valence-corrected chi connectivity index (χ3v) is 6.25. The molecule has 0 radical (unpaired) electrons. The lowest BCUT2D eigenvalue weighted by molar-refractivity contribution is 0.288. The summed E-state index contributed by atoms with van der Waals surface area (Å²) in [7, 11) is 0. The van der Waals surface area contributed by atoms with Crippen molar-refractivity contribution in [1.82, 2.24) is 39.1 Å². The van der Waals surface area contributed by atoms with Crippen LogP contribution in [-0.4, -0.2) is 58.2 Å². The van der Waals surface area contributed by atoms with Crippen LogP contribution in [-0.2, 0) is 19.6 Å². The third-order valence-electron chi connectivity index (χ3n) is 5.03. The summed E-state index contributed by atoms with van der Waals surface area (Å²) >= 11 is 2.93. The lowest BCUT2D eigenvalue weighted by Gasteiger charge is -2.13. The summed E-state index contributed by atoms with van der Waals surface area (Å²) in [6, 6.07) is 0. The molecule has 0 spiro atoms. The molecule has 0 atom stereocenters. The lowest BCUT2D eigenvalue weighted by atomic mass is 10.3. The van der Waals surface area contributed by atoms with Gasteiger partial charge in [0.2, 0.25) is 5.88 Å². The zero-order valence-corrected chi connectivity index (χ0v) is 18.2. The van der Waals surface area contributed by atoms with Gasteiger partial charge in [-0.2, -0.15) is 15.2 Å². The molecule has 2 aliphatic rings. The maximum Gasteiger partial charge on any atom is 0.265 e. The van der Waals surface area contributed by atoms with Crippen LogP contribution in [0.25, 0.3) is 22.1 Å². The van der Waals surface area contributed by atoms with Crippen molar-refractivity contribution in [2.45, 2.75) is 42.8 Å². The van der Waals surface area contributed by atoms with Gasteiger partial charge in [0.25, 0.3) is 5.56 Å². The van der Waals surface area contributed by atoms with Gasteiger partial charge in [0.05, 0.1) is 19.0 Å². The number of hydrogen-bond donors (Lipinski definition) is 0. The van der Waals surface area contributed by atoms with Gasteiger partial charge in [0, 0.05) is 19.6 Å². The Morgan fingerprint density at radius 3 is 2.37 bits per heavy atom. The molecule has 2 aliphatic heterocycles. The average molecular weight is 445 g/mol. The molecule has 0 aromatic carbocycles. The van der Waals surface area contributed by atoms with Crippen LogP contribution in [0.1, 0.15) is 12.8 Å². The SMILES string of the molecule is CSc1nc2c3cnn(c3n1)CCCn1ncc3c(=O)n(c(SC)nc31)CCCO2. The fraction of sp³-hybridized carbons (Fsp3) is 0.444. The summed E-state index contributed by atoms with van der Waals surface area (Å²) < 4.78 is 11.4. The van der Waals surface area contributed by atoms with Crippen LogP contribution in [0, 0.1) is 0 Å². The molecule has 8 bridgehead atoms. The van der Waals surface area contributed by atoms with Gasteiger partial charge in [0.1, 0.15) is 10.8 Å². The van der Waals surface area contributed by atoms with Crippen molar-refractivity contribution in [1.29, 1.82) is 0 Å². The minimum Gasteiger partial charge on any atom is -0.477 e. The molecule has 0 saturated heterocycles. The number of thioether (sulfide) groups is 2. The molecular weight excluding hydrogens is 424 g/mol. The second-order valence-electron chi connectivity index (χ2n) is 6.84. The number of aryl methyl sites for hydroxylation is 2. The molecule has 0 N–H and O–H groups in total. The van der Waals surface area contributed by atoms with Gasteiger partial charge >= 0.3 is 0 Å². The van der Waals surface area contributed by atoms with Gasteiger partial charge in [0.15, 0.2) is 21.6 Å². The van der Waals surface area contributed by atoms with E-state index < -0.39 is 0 Å². The van der Waals surface area contributed by atoms with Gasteiger partial charge < -0.3 is 4.74 Å². The predicted molar refractivity (Wildman–Crippen MR) is 115 cm³/mol. The number of rotatable bonds is 2. The largest absolute Gasteiger partial charge is 0.477 e. The van der Waals surface area contributed by atoms with E-state index in [0.717, 1.165) is 17.5 Å². The zero-order chi connectivity index (χ0) is 20.7. The van der Waals surface area contributed by atoms with E-state index in [2.05, 4.69) is 20.2 Å². The Hall–Kier alpha value is -2.60. The predicted octanol–water partition coefficient (Wildman–Crippen LogP) is 2.05. The lowest BCUT2D eigenvalue weighted by Crippen LogP contribution is -2.24. The van der Waals surface area contributed by atoms with E-state index in [1.807, 2.05) is 17.2 Å². The van der Waals surface area contributed by atoms with E-state index in [9.17, 15) is 4.79 Å². The Labute approximate surface area is 180 Å². The van der Waals surface area contributed by atoms with Gasteiger partial charge in [-0.15, -0.1) is 0 Å². The molecule has 0 aliphatic carbocycles. The summed E-state index contributed by atoms with van der Waals surface area (Å²) in [4.78, 5) is 26.9. The van der Waals surface area contributed by atoms with Crippen molar-refractivity contribution >= 4 is 45.6 Å². The number of ether oxygens (including phenoxy) is 1. The van der Waals surface area contributed by atoms with Crippen LogP contribution in [0.5, 0.6) is 5.88 Å². The smallest absolute Gasteiger partial charge is 0.265 e. The second kappa shape index (κ2) is 7.91. The number of hydrogen-bond acceptors (Lipinski definition) is 9. The topological polar surface area (TPSA) is 106 Å². The molecule has 0 amide bonds. The van der Waals surface area contributed by atoms with Crippen LogP contribution in [0.2, 0.25) is 0 Å². The molecule has 6 heterocycles. The zero-order valence-electron chi connectivity index (χ0n) is 16.6. The van der Waals surface area contributed by atoms with Crippen molar-refractivity contribution < 1.29 is 4.74 Å². The molecule has 0 saturated carbocycles. The molecule has 0 unspecified atom stereocenters. The van der Waals surface area contributed by atoms with Gasteiger partial charge in [-0.05, 0) is 25.4 Å². The van der Waals surface area contributed by atoms with E-state index >= 15 is 0 Å². The van der Waals surface area contributed by atoms with Crippen molar-refractivity contribution in [3.8, 4) is 5.88 Å². The molecule has 4 aromatic heterocycles. The van der Waals surface area contributed by atoms with Crippen LogP contribution in [0.3, 0.4) is 0 Å². The van der Waals surface area contributed by atoms with Gasteiger partial charge in [-0.3, -0.25) is 9.36 Å². The van der Waals surface area contributed by atoms with Gasteiger partial charge in [-0.1, -0.05) is 23.5 Å². The highest BCUT2D eigenvalue weighted by Crippen LogP contribution is 2.26. The van der Waals surface area contributed by atoms with E-state index in [0.29, 0.717) is 59.9 Å². The number of nitrogens with zero attached hydrogens (tertiary/aromatic N) is 8. The summed E-state index contributed by atoms with van der Waals surface area (Å²) in [5, 5.41) is 11.6. The Kier molecular flexibility index (Phi) is 5.11. The monoisotopic (exact) mass is 444 g/mol. The van der Waals surface area contributed by atoms with Crippen molar-refractivity contribution in [2.75, 3.05) is 19.1 Å². The average Bonchev–Trinajstić information content (AvgIpc) is 3.36. The first-order valence-electron chi connectivity index (χ1n) is 9.60. The third kappa shape index (κ3) is 3.23. The maximum absolute atomic E-state index is 13.0. The van der Waals surface area contributed by atoms with Crippen molar-refractivity contribution in [3.63, 3.8) is 0 Å². The molecular formula is C18H20N8O2S2. The maximum atomic E-state index is 13.0. The Morgan fingerprint density at radius 2 is 1.63 bits per heavy atom. The minimum atomic E-state index is -0.0633. The molecule has 6 rings (SSSR count). The minimum absolute atomic E-state index is 0.0633. The number of fused-ring (bicyclic) bond motifs is 6. The second-order valence-corrected chi connectivity index (χ2v) is 8.38. The van der Waals surface area contributed by atoms with Gasteiger partial charge in [-0.25, -0.2) is 19.3 Å². The molecule has 156 valence electrons. The highest BCUT2D eigenvalue weighted by Gasteiger charge is 2.17. The van der Waals surface area contributed by atoms with E-state index in [1.165, 1.54) is 23.5 Å². The molecule has 4 aromatic rings. The summed E-state index contributed by atoms with van der Waals surface area (Å²) in [6.07, 6.45) is 8.65. The van der Waals surface area contributed by atoms with Crippen LogP contribution < -0.4 is 10.3 Å². The number of aromatic nitrogens is 8. The first-order valence-corrected chi connectivity index (χ1v) is 12.0. The molecule has 10 nitrogen and oxygen atoms in total. The fourth-order valence-electron chi connectivity index (χ4n) is 3.58. The normalized spacial score (nSPS) is 14.9. The first kappa shape index (κ1) is 19.4. The standard InChI is InChI=1S/C18H20N8O2S2/c1-29-17-21-13-11-9-19-25(13)6-3-7-26-14-12(10-20-26)16(27)24(18(22-14)30-2)5-4-8-28-15(11)23-17/h9-10H,3-8H2,1-2H3. The van der Waals surface area contributed by atoms with Crippen molar-refractivity contribution in [3.05, 3.63) is 22.7 Å². The Bertz CT molecular complexity index is 1300. The summed E-state index contributed by atoms with van der Waals surface area (Å²) in [5.41, 5.74) is 1.33. The van der Waals surface area contributed by atoms with E-state index in [1.54, 1.807) is 21.6 Å². The highest BCUT2D eigenvalue weighted by atomic mass is 32.2.